The van der Waals surface area contributed by atoms with Crippen molar-refractivity contribution in [3.63, 3.8) is 0 Å². The zero-order valence-electron chi connectivity index (χ0n) is 11.4. The second-order valence-electron chi connectivity index (χ2n) is 4.54. The third-order valence-corrected chi connectivity index (χ3v) is 3.03. The molecule has 0 fully saturated rings. The standard InChI is InChI=1S/C16H16F2N2O/c17-14-7-3-1-5-12(14)9-10-19-16(21)20-11-13-6-2-4-8-15(13)18/h1-8H,9-11H2,(H2,19,20,21). The van der Waals surface area contributed by atoms with Gasteiger partial charge in [0.1, 0.15) is 11.6 Å². The molecule has 0 heterocycles. The van der Waals surface area contributed by atoms with Crippen LogP contribution in [0.5, 0.6) is 0 Å². The van der Waals surface area contributed by atoms with Gasteiger partial charge in [-0.1, -0.05) is 36.4 Å². The molecule has 2 aromatic carbocycles. The summed E-state index contributed by atoms with van der Waals surface area (Å²) in [5.41, 5.74) is 0.966. The number of nitrogens with one attached hydrogen (secondary N) is 2. The molecule has 0 saturated carbocycles. The molecule has 0 radical (unpaired) electrons. The highest BCUT2D eigenvalue weighted by Crippen LogP contribution is 2.06. The van der Waals surface area contributed by atoms with Crippen LogP contribution in [-0.4, -0.2) is 12.6 Å². The molecule has 0 spiro atoms. The lowest BCUT2D eigenvalue weighted by atomic mass is 10.1. The first-order valence-corrected chi connectivity index (χ1v) is 6.65. The number of hydrogen-bond donors (Lipinski definition) is 2. The highest BCUT2D eigenvalue weighted by Gasteiger charge is 2.05. The van der Waals surface area contributed by atoms with Gasteiger partial charge in [0.2, 0.25) is 0 Å². The molecule has 0 bridgehead atoms. The number of carbonyl (C=O) groups excluding carboxylic acids is 1. The van der Waals surface area contributed by atoms with E-state index in [2.05, 4.69) is 10.6 Å². The lowest BCUT2D eigenvalue weighted by molar-refractivity contribution is 0.240. The normalized spacial score (nSPS) is 10.2. The van der Waals surface area contributed by atoms with E-state index in [-0.39, 0.29) is 18.2 Å². The molecule has 0 unspecified atom stereocenters. The third-order valence-electron chi connectivity index (χ3n) is 3.03. The minimum atomic E-state index is -0.408. The Morgan fingerprint density at radius 3 is 2.05 bits per heavy atom. The van der Waals surface area contributed by atoms with Gasteiger partial charge < -0.3 is 10.6 Å². The first kappa shape index (κ1) is 15.0. The van der Waals surface area contributed by atoms with Gasteiger partial charge in [0.05, 0.1) is 0 Å². The van der Waals surface area contributed by atoms with Gasteiger partial charge in [-0.05, 0) is 24.1 Å². The Morgan fingerprint density at radius 1 is 0.857 bits per heavy atom. The van der Waals surface area contributed by atoms with Crippen molar-refractivity contribution in [2.24, 2.45) is 0 Å². The van der Waals surface area contributed by atoms with Crippen molar-refractivity contribution < 1.29 is 13.6 Å². The molecule has 0 aromatic heterocycles. The summed E-state index contributed by atoms with van der Waals surface area (Å²) in [6.45, 7) is 0.419. The number of carbonyl (C=O) groups is 1. The first-order chi connectivity index (χ1) is 10.2. The summed E-state index contributed by atoms with van der Waals surface area (Å²) in [6.07, 6.45) is 0.403. The zero-order chi connectivity index (χ0) is 15.1. The Labute approximate surface area is 122 Å². The predicted molar refractivity (Wildman–Crippen MR) is 76.7 cm³/mol. The van der Waals surface area contributed by atoms with Crippen LogP contribution < -0.4 is 10.6 Å². The fourth-order valence-corrected chi connectivity index (χ4v) is 1.89. The summed E-state index contributed by atoms with van der Waals surface area (Å²) < 4.78 is 26.7. The molecule has 21 heavy (non-hydrogen) atoms. The van der Waals surface area contributed by atoms with E-state index in [0.29, 0.717) is 24.1 Å². The monoisotopic (exact) mass is 290 g/mol. The van der Waals surface area contributed by atoms with E-state index in [1.165, 1.54) is 12.1 Å². The molecule has 0 aliphatic rings. The maximum atomic E-state index is 13.4. The van der Waals surface area contributed by atoms with Gasteiger partial charge in [0.15, 0.2) is 0 Å². The highest BCUT2D eigenvalue weighted by molar-refractivity contribution is 5.73. The second-order valence-corrected chi connectivity index (χ2v) is 4.54. The number of urea groups is 1. The zero-order valence-corrected chi connectivity index (χ0v) is 11.4. The van der Waals surface area contributed by atoms with Gasteiger partial charge in [0.25, 0.3) is 0 Å². The molecule has 0 saturated heterocycles. The van der Waals surface area contributed by atoms with Gasteiger partial charge in [-0.2, -0.15) is 0 Å². The number of benzene rings is 2. The molecule has 5 heteroatoms. The molecular weight excluding hydrogens is 274 g/mol. The summed E-state index contributed by atoms with van der Waals surface area (Å²) in [5.74, 6) is -0.643. The van der Waals surface area contributed by atoms with Crippen molar-refractivity contribution in [1.82, 2.24) is 10.6 Å². The fraction of sp³-hybridized carbons (Fsp3) is 0.188. The second kappa shape index (κ2) is 7.38. The van der Waals surface area contributed by atoms with E-state index in [0.717, 1.165) is 0 Å². The SMILES string of the molecule is O=C(NCCc1ccccc1F)NCc1ccccc1F. The third kappa shape index (κ3) is 4.56. The van der Waals surface area contributed by atoms with E-state index >= 15 is 0 Å². The topological polar surface area (TPSA) is 41.1 Å². The van der Waals surface area contributed by atoms with Crippen LogP contribution in [0.4, 0.5) is 13.6 Å². The molecule has 0 aliphatic heterocycles. The number of rotatable bonds is 5. The van der Waals surface area contributed by atoms with E-state index in [1.807, 2.05) is 0 Å². The Bertz CT molecular complexity index is 617. The van der Waals surface area contributed by atoms with E-state index in [9.17, 15) is 13.6 Å². The molecule has 110 valence electrons. The molecule has 0 atom stereocenters. The minimum Gasteiger partial charge on any atom is -0.338 e. The van der Waals surface area contributed by atoms with Gasteiger partial charge in [-0.3, -0.25) is 0 Å². The predicted octanol–water partition coefficient (Wildman–Crippen LogP) is 3.01. The summed E-state index contributed by atoms with van der Waals surface area (Å²) in [5, 5.41) is 5.17. The number of hydrogen-bond acceptors (Lipinski definition) is 1. The molecule has 2 N–H and O–H groups in total. The van der Waals surface area contributed by atoms with Crippen LogP contribution >= 0.6 is 0 Å². The largest absolute Gasteiger partial charge is 0.338 e. The van der Waals surface area contributed by atoms with Gasteiger partial charge in [-0.15, -0.1) is 0 Å². The average Bonchev–Trinajstić information content (AvgIpc) is 2.48. The van der Waals surface area contributed by atoms with Crippen LogP contribution in [-0.2, 0) is 13.0 Å². The lowest BCUT2D eigenvalue weighted by Gasteiger charge is -2.08. The molecule has 0 aliphatic carbocycles. The van der Waals surface area contributed by atoms with Crippen molar-refractivity contribution >= 4 is 6.03 Å². The lowest BCUT2D eigenvalue weighted by Crippen LogP contribution is -2.36. The van der Waals surface area contributed by atoms with Crippen molar-refractivity contribution in [3.8, 4) is 0 Å². The Kier molecular flexibility index (Phi) is 5.26. The summed E-state index contributed by atoms with van der Waals surface area (Å²) in [6, 6.07) is 12.3. The highest BCUT2D eigenvalue weighted by atomic mass is 19.1. The summed E-state index contributed by atoms with van der Waals surface area (Å²) in [4.78, 5) is 11.6. The van der Waals surface area contributed by atoms with Crippen LogP contribution in [0.25, 0.3) is 0 Å². The molecule has 2 rings (SSSR count). The Balaban J connectivity index is 1.73. The summed E-state index contributed by atoms with van der Waals surface area (Å²) >= 11 is 0. The number of amides is 2. The van der Waals surface area contributed by atoms with Crippen LogP contribution in [0, 0.1) is 11.6 Å². The fourth-order valence-electron chi connectivity index (χ4n) is 1.89. The van der Waals surface area contributed by atoms with Gasteiger partial charge in [-0.25, -0.2) is 13.6 Å². The molecule has 2 amide bonds. The van der Waals surface area contributed by atoms with Crippen LogP contribution in [0.2, 0.25) is 0 Å². The maximum Gasteiger partial charge on any atom is 0.315 e. The van der Waals surface area contributed by atoms with Crippen LogP contribution in [0.1, 0.15) is 11.1 Å². The Morgan fingerprint density at radius 2 is 1.43 bits per heavy atom. The quantitative estimate of drug-likeness (QED) is 0.873. The minimum absolute atomic E-state index is 0.109. The van der Waals surface area contributed by atoms with E-state index < -0.39 is 6.03 Å². The van der Waals surface area contributed by atoms with E-state index in [1.54, 1.807) is 36.4 Å². The molecular formula is C16H16F2N2O. The average molecular weight is 290 g/mol. The maximum absolute atomic E-state index is 13.4. The van der Waals surface area contributed by atoms with Crippen molar-refractivity contribution in [2.75, 3.05) is 6.54 Å². The van der Waals surface area contributed by atoms with Gasteiger partial charge >= 0.3 is 6.03 Å². The van der Waals surface area contributed by atoms with E-state index in [4.69, 9.17) is 0 Å². The molecule has 3 nitrogen and oxygen atoms in total. The molecule has 2 aromatic rings. The van der Waals surface area contributed by atoms with Crippen LogP contribution in [0.15, 0.2) is 48.5 Å². The van der Waals surface area contributed by atoms with Crippen LogP contribution in [0.3, 0.4) is 0 Å². The van der Waals surface area contributed by atoms with Crippen molar-refractivity contribution in [3.05, 3.63) is 71.3 Å². The number of halogens is 2. The van der Waals surface area contributed by atoms with Gasteiger partial charge in [0, 0.05) is 18.7 Å². The Hall–Kier alpha value is -2.43. The first-order valence-electron chi connectivity index (χ1n) is 6.65. The van der Waals surface area contributed by atoms with Crippen molar-refractivity contribution in [2.45, 2.75) is 13.0 Å². The summed E-state index contributed by atoms with van der Waals surface area (Å²) in [7, 11) is 0. The van der Waals surface area contributed by atoms with Crippen molar-refractivity contribution in [1.29, 1.82) is 0 Å². The smallest absolute Gasteiger partial charge is 0.315 e.